The number of ether oxygens (including phenoxy) is 2. The van der Waals surface area contributed by atoms with Gasteiger partial charge in [-0.1, -0.05) is 161 Å². The number of hydrogen-bond acceptors (Lipinski definition) is 4. The summed E-state index contributed by atoms with van der Waals surface area (Å²) in [6.45, 7) is 5.43. The van der Waals surface area contributed by atoms with Gasteiger partial charge in [0, 0.05) is 21.7 Å². The van der Waals surface area contributed by atoms with Gasteiger partial charge in [-0.2, -0.15) is 0 Å². The predicted molar refractivity (Wildman–Crippen MR) is 193 cm³/mol. The van der Waals surface area contributed by atoms with E-state index >= 15 is 0 Å². The number of carbonyl (C=O) groups excluding carboxylic acids is 2. The molecule has 1 aliphatic carbocycles. The molecule has 47 heavy (non-hydrogen) atoms. The standard InChI is InChI=1S/C42H55ClO4/c1-41(2,3)46-39(44)31-32-40(45)47-42(35-23-15-10-16-24-35,37-25-17-18-26-38(37)43)36-29-27-34(28-30-36)22-14-9-13-21-33-19-11-7-5-4-6-8-12-20-33/h10,15-18,23-30,33H,4-9,11-14,19-22,31-32H2,1-3H3. The Labute approximate surface area is 288 Å². The van der Waals surface area contributed by atoms with Crippen LogP contribution in [0.2, 0.25) is 5.02 Å². The van der Waals surface area contributed by atoms with Crippen LogP contribution in [0.25, 0.3) is 0 Å². The summed E-state index contributed by atoms with van der Waals surface area (Å²) in [5.41, 5.74) is 1.62. The summed E-state index contributed by atoms with van der Waals surface area (Å²) in [5.74, 6) is -0.0215. The zero-order valence-electron chi connectivity index (χ0n) is 28.9. The fourth-order valence-electron chi connectivity index (χ4n) is 6.92. The van der Waals surface area contributed by atoms with E-state index in [0.29, 0.717) is 10.6 Å². The normalized spacial score (nSPS) is 16.2. The molecule has 3 aromatic carbocycles. The number of rotatable bonds is 13. The van der Waals surface area contributed by atoms with E-state index in [9.17, 15) is 9.59 Å². The molecular formula is C42H55ClO4. The van der Waals surface area contributed by atoms with Crippen LogP contribution in [0.15, 0.2) is 78.9 Å². The molecule has 4 rings (SSSR count). The average molecular weight is 659 g/mol. The Bertz CT molecular complexity index is 1370. The molecular weight excluding hydrogens is 604 g/mol. The molecule has 4 nitrogen and oxygen atoms in total. The van der Waals surface area contributed by atoms with Gasteiger partial charge in [-0.25, -0.2) is 0 Å². The van der Waals surface area contributed by atoms with Crippen molar-refractivity contribution in [2.24, 2.45) is 5.92 Å². The van der Waals surface area contributed by atoms with E-state index < -0.39 is 23.1 Å². The Kier molecular flexibility index (Phi) is 14.4. The van der Waals surface area contributed by atoms with Crippen LogP contribution in [0.4, 0.5) is 0 Å². The van der Waals surface area contributed by atoms with E-state index in [0.717, 1.165) is 23.5 Å². The number of benzene rings is 3. The first-order chi connectivity index (χ1) is 22.7. The second kappa shape index (κ2) is 18.4. The van der Waals surface area contributed by atoms with Gasteiger partial charge in [0.2, 0.25) is 0 Å². The molecule has 0 N–H and O–H groups in total. The molecule has 1 saturated carbocycles. The zero-order chi connectivity index (χ0) is 33.5. The molecule has 1 fully saturated rings. The van der Waals surface area contributed by atoms with Crippen molar-refractivity contribution in [3.05, 3.63) is 106 Å². The van der Waals surface area contributed by atoms with Gasteiger partial charge in [0.05, 0.1) is 12.8 Å². The summed E-state index contributed by atoms with van der Waals surface area (Å²) < 4.78 is 11.9. The van der Waals surface area contributed by atoms with Crippen LogP contribution < -0.4 is 0 Å². The SMILES string of the molecule is CC(C)(C)OC(=O)CCC(=O)OC(c1ccccc1)(c1ccc(CCCCCC2CCCCCCCCC2)cc1)c1ccccc1Cl. The zero-order valence-corrected chi connectivity index (χ0v) is 29.7. The smallest absolute Gasteiger partial charge is 0.307 e. The van der Waals surface area contributed by atoms with Gasteiger partial charge in [0.1, 0.15) is 5.60 Å². The highest BCUT2D eigenvalue weighted by Gasteiger charge is 2.42. The van der Waals surface area contributed by atoms with Crippen molar-refractivity contribution >= 4 is 23.5 Å². The van der Waals surface area contributed by atoms with Crippen molar-refractivity contribution in [1.29, 1.82) is 0 Å². The maximum Gasteiger partial charge on any atom is 0.307 e. The molecule has 5 heteroatoms. The summed E-state index contributed by atoms with van der Waals surface area (Å²) in [7, 11) is 0. The summed E-state index contributed by atoms with van der Waals surface area (Å²) in [5, 5.41) is 0.496. The fourth-order valence-corrected chi connectivity index (χ4v) is 7.19. The van der Waals surface area contributed by atoms with Crippen molar-refractivity contribution in [3.8, 4) is 0 Å². The number of esters is 2. The van der Waals surface area contributed by atoms with Crippen LogP contribution in [0.1, 0.15) is 139 Å². The summed E-state index contributed by atoms with van der Waals surface area (Å²) in [4.78, 5) is 26.0. The Morgan fingerprint density at radius 2 is 1.21 bits per heavy atom. The van der Waals surface area contributed by atoms with E-state index in [2.05, 4.69) is 24.3 Å². The van der Waals surface area contributed by atoms with Crippen molar-refractivity contribution < 1.29 is 19.1 Å². The van der Waals surface area contributed by atoms with Gasteiger partial charge in [0.15, 0.2) is 5.60 Å². The minimum Gasteiger partial charge on any atom is -0.460 e. The van der Waals surface area contributed by atoms with Gasteiger partial charge in [-0.05, 0) is 51.2 Å². The Balaban J connectivity index is 1.48. The van der Waals surface area contributed by atoms with Crippen LogP contribution in [0, 0.1) is 5.92 Å². The molecule has 0 aliphatic heterocycles. The molecule has 0 saturated heterocycles. The molecule has 0 aromatic heterocycles. The topological polar surface area (TPSA) is 52.6 Å². The van der Waals surface area contributed by atoms with E-state index in [-0.39, 0.29) is 12.8 Å². The lowest BCUT2D eigenvalue weighted by Gasteiger charge is -2.36. The Hall–Kier alpha value is -3.11. The molecule has 0 spiro atoms. The molecule has 1 atom stereocenters. The number of hydrogen-bond donors (Lipinski definition) is 0. The Morgan fingerprint density at radius 3 is 1.83 bits per heavy atom. The predicted octanol–water partition coefficient (Wildman–Crippen LogP) is 11.5. The van der Waals surface area contributed by atoms with E-state index in [4.69, 9.17) is 21.1 Å². The molecule has 1 unspecified atom stereocenters. The maximum atomic E-state index is 13.5. The van der Waals surface area contributed by atoms with Crippen LogP contribution in [-0.2, 0) is 31.1 Å². The monoisotopic (exact) mass is 658 g/mol. The van der Waals surface area contributed by atoms with E-state index in [1.165, 1.54) is 89.0 Å². The largest absolute Gasteiger partial charge is 0.460 e. The van der Waals surface area contributed by atoms with E-state index in [1.54, 1.807) is 0 Å². The first-order valence-corrected chi connectivity index (χ1v) is 18.4. The highest BCUT2D eigenvalue weighted by atomic mass is 35.5. The highest BCUT2D eigenvalue weighted by Crippen LogP contribution is 2.44. The van der Waals surface area contributed by atoms with E-state index in [1.807, 2.05) is 75.4 Å². The van der Waals surface area contributed by atoms with Gasteiger partial charge in [-0.3, -0.25) is 9.59 Å². The van der Waals surface area contributed by atoms with Crippen molar-refractivity contribution in [2.75, 3.05) is 0 Å². The average Bonchev–Trinajstić information content (AvgIpc) is 3.06. The maximum absolute atomic E-state index is 13.5. The lowest BCUT2D eigenvalue weighted by molar-refractivity contribution is -0.161. The second-order valence-electron chi connectivity index (χ2n) is 14.3. The Morgan fingerprint density at radius 1 is 0.660 bits per heavy atom. The molecule has 254 valence electrons. The molecule has 0 radical (unpaired) electrons. The lowest BCUT2D eigenvalue weighted by Crippen LogP contribution is -2.36. The number of aryl methyl sites for hydroxylation is 1. The van der Waals surface area contributed by atoms with Crippen LogP contribution in [0.5, 0.6) is 0 Å². The summed E-state index contributed by atoms with van der Waals surface area (Å²) in [6, 6.07) is 25.6. The minimum atomic E-state index is -1.29. The molecule has 0 bridgehead atoms. The highest BCUT2D eigenvalue weighted by molar-refractivity contribution is 6.31. The van der Waals surface area contributed by atoms with Gasteiger partial charge in [-0.15, -0.1) is 0 Å². The van der Waals surface area contributed by atoms with Gasteiger partial charge < -0.3 is 9.47 Å². The van der Waals surface area contributed by atoms with Crippen molar-refractivity contribution in [1.82, 2.24) is 0 Å². The third-order valence-electron chi connectivity index (χ3n) is 9.32. The van der Waals surface area contributed by atoms with Crippen LogP contribution in [-0.4, -0.2) is 17.5 Å². The number of carbonyl (C=O) groups is 2. The van der Waals surface area contributed by atoms with Crippen molar-refractivity contribution in [3.63, 3.8) is 0 Å². The van der Waals surface area contributed by atoms with Crippen LogP contribution >= 0.6 is 11.6 Å². The molecule has 0 heterocycles. The number of unbranched alkanes of at least 4 members (excludes halogenated alkanes) is 2. The first-order valence-electron chi connectivity index (χ1n) is 18.0. The second-order valence-corrected chi connectivity index (χ2v) is 14.7. The summed E-state index contributed by atoms with van der Waals surface area (Å²) >= 11 is 6.84. The lowest BCUT2D eigenvalue weighted by atomic mass is 9.79. The number of halogens is 1. The molecule has 1 aliphatic rings. The summed E-state index contributed by atoms with van der Waals surface area (Å²) in [6.07, 6.45) is 18.7. The van der Waals surface area contributed by atoms with Crippen molar-refractivity contribution in [2.45, 2.75) is 135 Å². The third-order valence-corrected chi connectivity index (χ3v) is 9.65. The fraction of sp³-hybridized carbons (Fsp3) is 0.524. The third kappa shape index (κ3) is 11.5. The van der Waals surface area contributed by atoms with Gasteiger partial charge in [0.25, 0.3) is 0 Å². The van der Waals surface area contributed by atoms with Crippen LogP contribution in [0.3, 0.4) is 0 Å². The molecule has 0 amide bonds. The van der Waals surface area contributed by atoms with Gasteiger partial charge >= 0.3 is 11.9 Å². The molecule has 3 aromatic rings. The quantitative estimate of drug-likeness (QED) is 0.104. The first kappa shape index (κ1) is 36.7. The minimum absolute atomic E-state index is 0.0663.